The van der Waals surface area contributed by atoms with Crippen molar-refractivity contribution in [1.29, 1.82) is 0 Å². The number of anilines is 1. The first-order valence-corrected chi connectivity index (χ1v) is 7.94. The third kappa shape index (κ3) is 3.80. The van der Waals surface area contributed by atoms with Crippen molar-refractivity contribution < 1.29 is 12.8 Å². The Morgan fingerprint density at radius 3 is 2.43 bits per heavy atom. The van der Waals surface area contributed by atoms with Gasteiger partial charge in [0.25, 0.3) is 0 Å². The first kappa shape index (κ1) is 15.5. The molecule has 112 valence electrons. The maximum absolute atomic E-state index is 13.1. The van der Waals surface area contributed by atoms with E-state index >= 15 is 0 Å². The van der Waals surface area contributed by atoms with Gasteiger partial charge in [-0.15, -0.1) is 0 Å². The molecule has 0 spiro atoms. The Kier molecular flexibility index (Phi) is 4.29. The minimum absolute atomic E-state index is 0.0615. The third-order valence-electron chi connectivity index (χ3n) is 3.31. The monoisotopic (exact) mass is 308 g/mol. The van der Waals surface area contributed by atoms with Crippen LogP contribution in [0, 0.1) is 19.7 Å². The number of nitrogens with one attached hydrogen (secondary N) is 1. The molecule has 21 heavy (non-hydrogen) atoms. The largest absolute Gasteiger partial charge is 0.381 e. The number of sulfonamides is 1. The van der Waals surface area contributed by atoms with Gasteiger partial charge >= 0.3 is 0 Å². The van der Waals surface area contributed by atoms with Crippen LogP contribution in [0.25, 0.3) is 0 Å². The van der Waals surface area contributed by atoms with Crippen LogP contribution < -0.4 is 10.5 Å². The molecule has 4 nitrogen and oxygen atoms in total. The van der Waals surface area contributed by atoms with Crippen LogP contribution in [0.4, 0.5) is 10.1 Å². The maximum Gasteiger partial charge on any atom is 0.238 e. The average Bonchev–Trinajstić information content (AvgIpc) is 2.38. The first-order valence-electron chi connectivity index (χ1n) is 6.40. The predicted molar refractivity (Wildman–Crippen MR) is 81.0 cm³/mol. The second kappa shape index (κ2) is 5.83. The van der Waals surface area contributed by atoms with Crippen LogP contribution in [-0.2, 0) is 16.6 Å². The van der Waals surface area contributed by atoms with Crippen molar-refractivity contribution in [2.24, 2.45) is 5.14 Å². The van der Waals surface area contributed by atoms with Crippen LogP contribution >= 0.6 is 0 Å². The van der Waals surface area contributed by atoms with E-state index < -0.39 is 10.0 Å². The lowest BCUT2D eigenvalue weighted by molar-refractivity contribution is 0.598. The minimum atomic E-state index is -3.73. The van der Waals surface area contributed by atoms with Crippen molar-refractivity contribution in [3.63, 3.8) is 0 Å². The van der Waals surface area contributed by atoms with Crippen LogP contribution in [0.15, 0.2) is 41.3 Å². The molecule has 2 aromatic rings. The van der Waals surface area contributed by atoms with Crippen LogP contribution in [-0.4, -0.2) is 8.42 Å². The van der Waals surface area contributed by atoms with E-state index in [1.54, 1.807) is 12.1 Å². The fourth-order valence-corrected chi connectivity index (χ4v) is 2.56. The Morgan fingerprint density at radius 2 is 1.81 bits per heavy atom. The van der Waals surface area contributed by atoms with E-state index in [2.05, 4.69) is 5.32 Å². The summed E-state index contributed by atoms with van der Waals surface area (Å²) in [6, 6.07) is 9.24. The second-order valence-corrected chi connectivity index (χ2v) is 6.51. The molecule has 2 aromatic carbocycles. The summed E-state index contributed by atoms with van der Waals surface area (Å²) in [5.74, 6) is -0.274. The van der Waals surface area contributed by atoms with E-state index in [9.17, 15) is 12.8 Å². The lowest BCUT2D eigenvalue weighted by Gasteiger charge is -2.12. The number of benzene rings is 2. The molecule has 0 aromatic heterocycles. The van der Waals surface area contributed by atoms with Gasteiger partial charge in [0.05, 0.1) is 4.90 Å². The van der Waals surface area contributed by atoms with Crippen LogP contribution in [0.2, 0.25) is 0 Å². The van der Waals surface area contributed by atoms with Gasteiger partial charge in [-0.2, -0.15) is 0 Å². The highest BCUT2D eigenvalue weighted by molar-refractivity contribution is 7.89. The van der Waals surface area contributed by atoms with Crippen molar-refractivity contribution in [1.82, 2.24) is 0 Å². The van der Waals surface area contributed by atoms with Gasteiger partial charge in [0.1, 0.15) is 5.82 Å². The van der Waals surface area contributed by atoms with Crippen LogP contribution in [0.3, 0.4) is 0 Å². The zero-order valence-corrected chi connectivity index (χ0v) is 12.7. The van der Waals surface area contributed by atoms with Crippen molar-refractivity contribution in [3.05, 3.63) is 58.9 Å². The van der Waals surface area contributed by atoms with Gasteiger partial charge in [0, 0.05) is 12.2 Å². The van der Waals surface area contributed by atoms with Gasteiger partial charge < -0.3 is 5.32 Å². The normalized spacial score (nSPS) is 11.4. The lowest BCUT2D eigenvalue weighted by atomic mass is 10.1. The van der Waals surface area contributed by atoms with E-state index in [-0.39, 0.29) is 10.7 Å². The predicted octanol–water partition coefficient (Wildman–Crippen LogP) is 2.70. The maximum atomic E-state index is 13.1. The Hall–Kier alpha value is -1.92. The molecule has 0 heterocycles. The summed E-state index contributed by atoms with van der Waals surface area (Å²) < 4.78 is 35.8. The molecule has 0 amide bonds. The topological polar surface area (TPSA) is 72.2 Å². The second-order valence-electron chi connectivity index (χ2n) is 4.95. The molecule has 0 saturated carbocycles. The van der Waals surface area contributed by atoms with E-state index in [0.717, 1.165) is 16.7 Å². The van der Waals surface area contributed by atoms with Crippen LogP contribution in [0.1, 0.15) is 16.7 Å². The van der Waals surface area contributed by atoms with Gasteiger partial charge in [-0.05, 0) is 54.8 Å². The molecule has 0 aliphatic heterocycles. The standard InChI is InChI=1S/C15H17FN2O2S/c1-10-3-6-14(21(17,19)20)8-15(10)18-9-12-4-5-13(16)7-11(12)2/h3-8,18H,9H2,1-2H3,(H2,17,19,20). The molecule has 0 atom stereocenters. The molecule has 0 unspecified atom stereocenters. The van der Waals surface area contributed by atoms with Gasteiger partial charge in [-0.1, -0.05) is 12.1 Å². The summed E-state index contributed by atoms with van der Waals surface area (Å²) in [5, 5.41) is 8.29. The number of aryl methyl sites for hydroxylation is 2. The van der Waals surface area contributed by atoms with E-state index in [1.165, 1.54) is 24.3 Å². The molecule has 0 bridgehead atoms. The van der Waals surface area contributed by atoms with E-state index in [0.29, 0.717) is 12.2 Å². The molecular formula is C15H17FN2O2S. The highest BCUT2D eigenvalue weighted by Gasteiger charge is 2.10. The molecule has 3 N–H and O–H groups in total. The zero-order valence-electron chi connectivity index (χ0n) is 11.9. The number of hydrogen-bond acceptors (Lipinski definition) is 3. The quantitative estimate of drug-likeness (QED) is 0.912. The summed E-state index contributed by atoms with van der Waals surface area (Å²) in [4.78, 5) is 0.0615. The van der Waals surface area contributed by atoms with Crippen molar-refractivity contribution in [2.45, 2.75) is 25.3 Å². The molecular weight excluding hydrogens is 291 g/mol. The number of hydrogen-bond donors (Lipinski definition) is 2. The lowest BCUT2D eigenvalue weighted by Crippen LogP contribution is -2.13. The molecule has 0 aliphatic carbocycles. The summed E-state index contributed by atoms with van der Waals surface area (Å²) in [6.07, 6.45) is 0. The van der Waals surface area contributed by atoms with E-state index in [4.69, 9.17) is 5.14 Å². The smallest absolute Gasteiger partial charge is 0.238 e. The Morgan fingerprint density at radius 1 is 1.10 bits per heavy atom. The summed E-state index contributed by atoms with van der Waals surface area (Å²) in [6.45, 7) is 4.17. The summed E-state index contributed by atoms with van der Waals surface area (Å²) in [5.41, 5.74) is 3.37. The van der Waals surface area contributed by atoms with Gasteiger partial charge in [-0.25, -0.2) is 17.9 Å². The number of primary sulfonamides is 1. The molecule has 6 heteroatoms. The summed E-state index contributed by atoms with van der Waals surface area (Å²) >= 11 is 0. The van der Waals surface area contributed by atoms with Gasteiger partial charge in [0.15, 0.2) is 0 Å². The minimum Gasteiger partial charge on any atom is -0.381 e. The highest BCUT2D eigenvalue weighted by atomic mass is 32.2. The fraction of sp³-hybridized carbons (Fsp3) is 0.200. The van der Waals surface area contributed by atoms with Gasteiger partial charge in [0.2, 0.25) is 10.0 Å². The molecule has 2 rings (SSSR count). The van der Waals surface area contributed by atoms with Gasteiger partial charge in [-0.3, -0.25) is 0 Å². The SMILES string of the molecule is Cc1cc(F)ccc1CNc1cc(S(N)(=O)=O)ccc1C. The molecule has 0 fully saturated rings. The average molecular weight is 308 g/mol. The Labute approximate surface area is 123 Å². The number of rotatable bonds is 4. The number of nitrogens with two attached hydrogens (primary N) is 1. The van der Waals surface area contributed by atoms with Crippen LogP contribution in [0.5, 0.6) is 0 Å². The molecule has 0 radical (unpaired) electrons. The summed E-state index contributed by atoms with van der Waals surface area (Å²) in [7, 11) is -3.73. The molecule has 0 aliphatic rings. The van der Waals surface area contributed by atoms with Crippen molar-refractivity contribution >= 4 is 15.7 Å². The van der Waals surface area contributed by atoms with E-state index in [1.807, 2.05) is 13.8 Å². The van der Waals surface area contributed by atoms with Crippen molar-refractivity contribution in [3.8, 4) is 0 Å². The highest BCUT2D eigenvalue weighted by Crippen LogP contribution is 2.21. The fourth-order valence-electron chi connectivity index (χ4n) is 2.02. The molecule has 0 saturated heterocycles. The van der Waals surface area contributed by atoms with Crippen molar-refractivity contribution in [2.75, 3.05) is 5.32 Å². The number of halogens is 1. The Bertz CT molecular complexity index is 773. The zero-order chi connectivity index (χ0) is 15.6. The first-order chi connectivity index (χ1) is 9.77. The third-order valence-corrected chi connectivity index (χ3v) is 4.22. The Balaban J connectivity index is 2.23.